The first-order valence-corrected chi connectivity index (χ1v) is 10.3. The Labute approximate surface area is 185 Å². The molecule has 1 heterocycles. The average Bonchev–Trinajstić information content (AvgIpc) is 3.04. The predicted molar refractivity (Wildman–Crippen MR) is 117 cm³/mol. The van der Waals surface area contributed by atoms with Gasteiger partial charge in [-0.05, 0) is 35.4 Å². The quantitative estimate of drug-likeness (QED) is 0.296. The van der Waals surface area contributed by atoms with Gasteiger partial charge in [0.15, 0.2) is 0 Å². The smallest absolute Gasteiger partial charge is 0.268 e. The van der Waals surface area contributed by atoms with Gasteiger partial charge >= 0.3 is 0 Å². The number of carbonyl (C=O) groups excluding carboxylic acids is 2. The Bertz CT molecular complexity index is 1260. The Morgan fingerprint density at radius 2 is 1.59 bits per heavy atom. The Kier molecular flexibility index (Phi) is 5.83. The lowest BCUT2D eigenvalue weighted by Crippen LogP contribution is -2.32. The van der Waals surface area contributed by atoms with Gasteiger partial charge < -0.3 is 0 Å². The van der Waals surface area contributed by atoms with E-state index in [-0.39, 0.29) is 21.7 Å². The van der Waals surface area contributed by atoms with Gasteiger partial charge in [-0.2, -0.15) is 0 Å². The van der Waals surface area contributed by atoms with Crippen molar-refractivity contribution < 1.29 is 23.3 Å². The van der Waals surface area contributed by atoms with E-state index in [1.807, 2.05) is 30.3 Å². The number of benzene rings is 3. The Hall–Kier alpha value is -3.85. The van der Waals surface area contributed by atoms with Crippen molar-refractivity contribution in [2.75, 3.05) is 4.90 Å². The average molecular weight is 452 g/mol. The van der Waals surface area contributed by atoms with E-state index in [1.165, 1.54) is 24.3 Å². The zero-order valence-corrected chi connectivity index (χ0v) is 17.1. The molecule has 0 radical (unpaired) electrons. The number of hydrogen-bond donors (Lipinski definition) is 0. The summed E-state index contributed by atoms with van der Waals surface area (Å²) in [7, 11) is 0. The summed E-state index contributed by atoms with van der Waals surface area (Å²) in [4.78, 5) is 37.5. The number of nitro benzene ring substituents is 1. The first-order chi connectivity index (χ1) is 15.4. The van der Waals surface area contributed by atoms with E-state index in [0.29, 0.717) is 10.7 Å². The van der Waals surface area contributed by atoms with Crippen molar-refractivity contribution >= 4 is 40.5 Å². The van der Waals surface area contributed by atoms with Crippen LogP contribution in [0.25, 0.3) is 5.57 Å². The van der Waals surface area contributed by atoms with Crippen LogP contribution in [0.15, 0.2) is 77.7 Å². The van der Waals surface area contributed by atoms with Crippen LogP contribution in [-0.2, 0) is 15.3 Å². The lowest BCUT2D eigenvalue weighted by atomic mass is 10.1. The van der Waals surface area contributed by atoms with E-state index in [2.05, 4.69) is 0 Å². The van der Waals surface area contributed by atoms with Crippen molar-refractivity contribution in [3.05, 3.63) is 111 Å². The summed E-state index contributed by atoms with van der Waals surface area (Å²) in [5.74, 6) is -2.99. The van der Waals surface area contributed by atoms with Crippen LogP contribution >= 0.6 is 11.8 Å². The highest BCUT2D eigenvalue weighted by Crippen LogP contribution is 2.40. The summed E-state index contributed by atoms with van der Waals surface area (Å²) >= 11 is 1.09. The number of non-ortho nitro benzene ring substituents is 1. The Balaban J connectivity index is 1.78. The van der Waals surface area contributed by atoms with Crippen LogP contribution < -0.4 is 4.90 Å². The molecule has 0 aliphatic carbocycles. The molecule has 0 saturated heterocycles. The fourth-order valence-electron chi connectivity index (χ4n) is 3.25. The number of rotatable bonds is 6. The SMILES string of the molecule is O=C1C(SCc2ccccc2)=C(c2ccc([N+](=O)[O-])cc2)C(=O)N1c1cc(F)ccc1F. The van der Waals surface area contributed by atoms with Gasteiger partial charge in [-0.15, -0.1) is 11.8 Å². The maximum absolute atomic E-state index is 14.4. The second kappa shape index (κ2) is 8.72. The molecule has 0 unspecified atom stereocenters. The molecule has 0 atom stereocenters. The van der Waals surface area contributed by atoms with Crippen molar-refractivity contribution in [3.8, 4) is 0 Å². The maximum Gasteiger partial charge on any atom is 0.272 e. The number of anilines is 1. The number of imide groups is 1. The maximum atomic E-state index is 14.4. The first kappa shape index (κ1) is 21.4. The summed E-state index contributed by atoms with van der Waals surface area (Å²) in [5, 5.41) is 11.0. The first-order valence-electron chi connectivity index (χ1n) is 9.36. The lowest BCUT2D eigenvalue weighted by molar-refractivity contribution is -0.384. The van der Waals surface area contributed by atoms with Gasteiger partial charge in [-0.1, -0.05) is 30.3 Å². The molecule has 0 spiro atoms. The molecule has 9 heteroatoms. The van der Waals surface area contributed by atoms with E-state index in [9.17, 15) is 28.5 Å². The number of carbonyl (C=O) groups is 2. The third kappa shape index (κ3) is 4.02. The molecule has 160 valence electrons. The Morgan fingerprint density at radius 1 is 0.906 bits per heavy atom. The van der Waals surface area contributed by atoms with Crippen LogP contribution in [0.3, 0.4) is 0 Å². The van der Waals surface area contributed by atoms with Gasteiger partial charge in [-0.3, -0.25) is 19.7 Å². The highest BCUT2D eigenvalue weighted by Gasteiger charge is 2.41. The molecule has 0 aromatic heterocycles. The molecule has 0 fully saturated rings. The van der Waals surface area contributed by atoms with Gasteiger partial charge in [0.1, 0.15) is 11.6 Å². The van der Waals surface area contributed by atoms with Crippen molar-refractivity contribution in [3.63, 3.8) is 0 Å². The minimum atomic E-state index is -0.926. The minimum Gasteiger partial charge on any atom is -0.268 e. The molecule has 0 saturated carbocycles. The lowest BCUT2D eigenvalue weighted by Gasteiger charge is -2.16. The van der Waals surface area contributed by atoms with Crippen LogP contribution in [0.5, 0.6) is 0 Å². The third-order valence-corrected chi connectivity index (χ3v) is 5.93. The molecule has 32 heavy (non-hydrogen) atoms. The van der Waals surface area contributed by atoms with E-state index in [1.54, 1.807) is 0 Å². The van der Waals surface area contributed by atoms with Gasteiger partial charge in [0.2, 0.25) is 0 Å². The van der Waals surface area contributed by atoms with Crippen LogP contribution in [0.1, 0.15) is 11.1 Å². The number of thioether (sulfide) groups is 1. The summed E-state index contributed by atoms with van der Waals surface area (Å²) in [6, 6.07) is 16.9. The topological polar surface area (TPSA) is 80.5 Å². The van der Waals surface area contributed by atoms with E-state index in [0.717, 1.165) is 35.5 Å². The molecule has 3 aromatic carbocycles. The number of amides is 2. The van der Waals surface area contributed by atoms with Crippen molar-refractivity contribution in [2.24, 2.45) is 0 Å². The second-order valence-corrected chi connectivity index (χ2v) is 7.81. The molecule has 0 N–H and O–H groups in total. The highest BCUT2D eigenvalue weighted by molar-refractivity contribution is 8.03. The molecule has 0 bridgehead atoms. The highest BCUT2D eigenvalue weighted by atomic mass is 32.2. The number of halogens is 2. The zero-order valence-electron chi connectivity index (χ0n) is 16.3. The van der Waals surface area contributed by atoms with E-state index >= 15 is 0 Å². The van der Waals surface area contributed by atoms with Crippen molar-refractivity contribution in [1.29, 1.82) is 0 Å². The zero-order chi connectivity index (χ0) is 22.8. The second-order valence-electron chi connectivity index (χ2n) is 6.82. The standard InChI is InChI=1S/C23H14F2N2O4S/c24-16-8-11-18(25)19(12-16)26-22(28)20(15-6-9-17(10-7-15)27(30)31)21(23(26)29)32-13-14-4-2-1-3-5-14/h1-12H,13H2. The summed E-state index contributed by atoms with van der Waals surface area (Å²) in [5.41, 5.74) is 0.467. The van der Waals surface area contributed by atoms with Crippen LogP contribution in [0, 0.1) is 21.7 Å². The number of hydrogen-bond acceptors (Lipinski definition) is 5. The molecular formula is C23H14F2N2O4S. The fraction of sp³-hybridized carbons (Fsp3) is 0.0435. The molecule has 1 aliphatic heterocycles. The molecule has 1 aliphatic rings. The largest absolute Gasteiger partial charge is 0.272 e. The monoisotopic (exact) mass is 452 g/mol. The molecule has 6 nitrogen and oxygen atoms in total. The number of nitrogens with zero attached hydrogens (tertiary/aromatic N) is 2. The summed E-state index contributed by atoms with van der Waals surface area (Å²) in [6.07, 6.45) is 0. The summed E-state index contributed by atoms with van der Waals surface area (Å²) in [6.45, 7) is 0. The van der Waals surface area contributed by atoms with Gasteiger partial charge in [0.25, 0.3) is 17.5 Å². The summed E-state index contributed by atoms with van der Waals surface area (Å²) < 4.78 is 28.2. The molecule has 3 aromatic rings. The normalized spacial score (nSPS) is 13.8. The Morgan fingerprint density at radius 3 is 2.25 bits per heavy atom. The van der Waals surface area contributed by atoms with Crippen LogP contribution in [0.4, 0.5) is 20.2 Å². The number of nitro groups is 1. The predicted octanol–water partition coefficient (Wildman–Crippen LogP) is 5.09. The van der Waals surface area contributed by atoms with E-state index in [4.69, 9.17) is 0 Å². The third-order valence-electron chi connectivity index (χ3n) is 4.78. The molecule has 4 rings (SSSR count). The van der Waals surface area contributed by atoms with Crippen LogP contribution in [0.2, 0.25) is 0 Å². The van der Waals surface area contributed by atoms with Crippen molar-refractivity contribution in [2.45, 2.75) is 5.75 Å². The van der Waals surface area contributed by atoms with Crippen LogP contribution in [-0.4, -0.2) is 16.7 Å². The minimum absolute atomic E-state index is 0.0190. The fourth-order valence-corrected chi connectivity index (χ4v) is 4.32. The van der Waals surface area contributed by atoms with E-state index < -0.39 is 34.1 Å². The van der Waals surface area contributed by atoms with Gasteiger partial charge in [0.05, 0.1) is 21.1 Å². The van der Waals surface area contributed by atoms with Crippen molar-refractivity contribution in [1.82, 2.24) is 0 Å². The van der Waals surface area contributed by atoms with Gasteiger partial charge in [0, 0.05) is 24.0 Å². The molecular weight excluding hydrogens is 438 g/mol. The molecule has 2 amide bonds. The van der Waals surface area contributed by atoms with Gasteiger partial charge in [-0.25, -0.2) is 13.7 Å².